The Morgan fingerprint density at radius 2 is 2.10 bits per heavy atom. The lowest BCUT2D eigenvalue weighted by atomic mass is 9.96. The average molecular weight is 301 g/mol. The molecule has 0 radical (unpaired) electrons. The van der Waals surface area contributed by atoms with E-state index in [4.69, 9.17) is 0 Å². The summed E-state index contributed by atoms with van der Waals surface area (Å²) in [6.45, 7) is -0.730. The maximum atomic E-state index is 12.1. The topological polar surface area (TPSA) is 44.4 Å². The van der Waals surface area contributed by atoms with Crippen LogP contribution in [-0.2, 0) is 4.79 Å². The highest BCUT2D eigenvalue weighted by Gasteiger charge is 2.29. The molecular weight excluding hydrogens is 283 g/mol. The van der Waals surface area contributed by atoms with Crippen LogP contribution in [0.15, 0.2) is 24.3 Å². The molecule has 1 aromatic rings. The van der Waals surface area contributed by atoms with E-state index in [0.717, 1.165) is 17.7 Å². The zero-order chi connectivity index (χ0) is 15.5. The molecule has 1 unspecified atom stereocenters. The lowest BCUT2D eigenvalue weighted by Crippen LogP contribution is -2.44. The molecule has 2 rings (SSSR count). The number of benzene rings is 1. The van der Waals surface area contributed by atoms with Crippen LogP contribution in [0.2, 0.25) is 0 Å². The quantitative estimate of drug-likeness (QED) is 0.892. The van der Waals surface area contributed by atoms with Gasteiger partial charge in [-0.25, -0.2) is 0 Å². The predicted molar refractivity (Wildman–Crippen MR) is 74.1 cm³/mol. The van der Waals surface area contributed by atoms with E-state index in [1.807, 2.05) is 41.5 Å². The number of carbonyl (C=O) groups excluding carboxylic acids is 1. The van der Waals surface area contributed by atoms with E-state index in [2.05, 4.69) is 5.32 Å². The van der Waals surface area contributed by atoms with Crippen molar-refractivity contribution in [1.29, 1.82) is 0 Å². The van der Waals surface area contributed by atoms with Crippen LogP contribution in [0.1, 0.15) is 18.0 Å². The summed E-state index contributed by atoms with van der Waals surface area (Å²) >= 11 is 0. The van der Waals surface area contributed by atoms with E-state index < -0.39 is 18.6 Å². The van der Waals surface area contributed by atoms with Gasteiger partial charge in [0.25, 0.3) is 0 Å². The molecule has 116 valence electrons. The number of fused-ring (bicyclic) bond motifs is 1. The Kier molecular flexibility index (Phi) is 4.72. The van der Waals surface area contributed by atoms with Gasteiger partial charge in [-0.15, -0.1) is 0 Å². The highest BCUT2D eigenvalue weighted by atomic mass is 19.4. The van der Waals surface area contributed by atoms with Crippen LogP contribution in [0.3, 0.4) is 0 Å². The Bertz CT molecular complexity index is 504. The van der Waals surface area contributed by atoms with Crippen molar-refractivity contribution in [2.45, 2.75) is 18.6 Å². The van der Waals surface area contributed by atoms with Crippen molar-refractivity contribution in [2.75, 3.05) is 31.6 Å². The van der Waals surface area contributed by atoms with Crippen LogP contribution in [-0.4, -0.2) is 38.8 Å². The fourth-order valence-electron chi connectivity index (χ4n) is 2.52. The molecule has 1 aliphatic rings. The molecule has 0 saturated carbocycles. The predicted octanol–water partition coefficient (Wildman–Crippen LogP) is 1.84. The van der Waals surface area contributed by atoms with E-state index in [1.54, 1.807) is 0 Å². The van der Waals surface area contributed by atoms with Gasteiger partial charge in [-0.1, -0.05) is 18.2 Å². The van der Waals surface area contributed by atoms with Crippen LogP contribution in [0.25, 0.3) is 0 Å². The van der Waals surface area contributed by atoms with E-state index >= 15 is 0 Å². The van der Waals surface area contributed by atoms with Gasteiger partial charge in [0.05, 0.1) is 6.54 Å². The number of carbonyl (C=O) groups is 1. The number of amides is 1. The summed E-state index contributed by atoms with van der Waals surface area (Å²) in [7, 11) is 1.87. The van der Waals surface area contributed by atoms with Crippen molar-refractivity contribution in [2.24, 2.45) is 0 Å². The first kappa shape index (κ1) is 15.6. The van der Waals surface area contributed by atoms with Crippen LogP contribution in [0.5, 0.6) is 0 Å². The molecule has 21 heavy (non-hydrogen) atoms. The summed E-state index contributed by atoms with van der Waals surface area (Å²) < 4.78 is 36.3. The van der Waals surface area contributed by atoms with Crippen LogP contribution < -0.4 is 15.5 Å². The smallest absolute Gasteiger partial charge is 0.362 e. The maximum absolute atomic E-state index is 12.1. The number of rotatable bonds is 4. The molecule has 2 N–H and O–H groups in total. The number of alkyl halides is 3. The molecule has 0 aromatic heterocycles. The Labute approximate surface area is 121 Å². The Morgan fingerprint density at radius 1 is 1.38 bits per heavy atom. The van der Waals surface area contributed by atoms with Gasteiger partial charge in [0.15, 0.2) is 0 Å². The number of halogens is 3. The molecule has 7 heteroatoms. The first-order valence-electron chi connectivity index (χ1n) is 6.75. The standard InChI is InChI=1S/C14H18F3N3O/c1-18-11-6-7-20(12-5-3-2-4-10(11)12)8-13(21)19-9-14(15,16)17/h2-5,11,18H,6-9H2,1H3,(H,19,21). The molecule has 4 nitrogen and oxygen atoms in total. The van der Waals surface area contributed by atoms with Crippen molar-refractivity contribution in [1.82, 2.24) is 10.6 Å². The number of nitrogens with one attached hydrogen (secondary N) is 2. The minimum Gasteiger partial charge on any atom is -0.362 e. The lowest BCUT2D eigenvalue weighted by molar-refractivity contribution is -0.137. The van der Waals surface area contributed by atoms with Gasteiger partial charge in [-0.3, -0.25) is 4.79 Å². The number of nitrogens with zero attached hydrogens (tertiary/aromatic N) is 1. The zero-order valence-electron chi connectivity index (χ0n) is 11.7. The van der Waals surface area contributed by atoms with Crippen molar-refractivity contribution < 1.29 is 18.0 Å². The Balaban J connectivity index is 2.03. The summed E-state index contributed by atoms with van der Waals surface area (Å²) in [5, 5.41) is 5.11. The third kappa shape index (κ3) is 4.10. The minimum atomic E-state index is -4.38. The third-order valence-electron chi connectivity index (χ3n) is 3.51. The van der Waals surface area contributed by atoms with Crippen LogP contribution >= 0.6 is 0 Å². The molecule has 0 saturated heterocycles. The minimum absolute atomic E-state index is 0.0659. The monoisotopic (exact) mass is 301 g/mol. The van der Waals surface area contributed by atoms with Gasteiger partial charge in [0.1, 0.15) is 6.54 Å². The molecule has 1 aliphatic heterocycles. The summed E-state index contributed by atoms with van der Waals surface area (Å²) in [6.07, 6.45) is -3.58. The fraction of sp³-hybridized carbons (Fsp3) is 0.500. The fourth-order valence-corrected chi connectivity index (χ4v) is 2.52. The van der Waals surface area contributed by atoms with E-state index in [1.165, 1.54) is 0 Å². The molecular formula is C14H18F3N3O. The first-order chi connectivity index (χ1) is 9.90. The van der Waals surface area contributed by atoms with Gasteiger partial charge in [0, 0.05) is 18.3 Å². The second-order valence-electron chi connectivity index (χ2n) is 5.00. The first-order valence-corrected chi connectivity index (χ1v) is 6.75. The van der Waals surface area contributed by atoms with Gasteiger partial charge < -0.3 is 15.5 Å². The lowest BCUT2D eigenvalue weighted by Gasteiger charge is -2.35. The van der Waals surface area contributed by atoms with E-state index in [0.29, 0.717) is 6.54 Å². The summed E-state index contributed by atoms with van der Waals surface area (Å²) in [6, 6.07) is 7.83. The van der Waals surface area contributed by atoms with Crippen LogP contribution in [0, 0.1) is 0 Å². The number of hydrogen-bond donors (Lipinski definition) is 2. The van der Waals surface area contributed by atoms with Crippen molar-refractivity contribution in [3.8, 4) is 0 Å². The highest BCUT2D eigenvalue weighted by molar-refractivity contribution is 5.82. The molecule has 0 spiro atoms. The van der Waals surface area contributed by atoms with Gasteiger partial charge in [0.2, 0.25) is 5.91 Å². The van der Waals surface area contributed by atoms with Crippen molar-refractivity contribution in [3.05, 3.63) is 29.8 Å². The summed E-state index contributed by atoms with van der Waals surface area (Å²) in [5.74, 6) is -0.620. The second kappa shape index (κ2) is 6.34. The van der Waals surface area contributed by atoms with Gasteiger partial charge in [-0.2, -0.15) is 13.2 Å². The van der Waals surface area contributed by atoms with E-state index in [9.17, 15) is 18.0 Å². The Hall–Kier alpha value is -1.76. The molecule has 0 bridgehead atoms. The van der Waals surface area contributed by atoms with Crippen LogP contribution in [0.4, 0.5) is 18.9 Å². The number of hydrogen-bond acceptors (Lipinski definition) is 3. The highest BCUT2D eigenvalue weighted by Crippen LogP contribution is 2.32. The third-order valence-corrected chi connectivity index (χ3v) is 3.51. The second-order valence-corrected chi connectivity index (χ2v) is 5.00. The SMILES string of the molecule is CNC1CCN(CC(=O)NCC(F)(F)F)c2ccccc21. The maximum Gasteiger partial charge on any atom is 0.405 e. The molecule has 1 aromatic carbocycles. The van der Waals surface area contributed by atoms with Crippen molar-refractivity contribution >= 4 is 11.6 Å². The normalized spacial score (nSPS) is 18.3. The summed E-state index contributed by atoms with van der Waals surface area (Å²) in [5.41, 5.74) is 1.96. The summed E-state index contributed by atoms with van der Waals surface area (Å²) in [4.78, 5) is 13.5. The molecule has 1 atom stereocenters. The zero-order valence-corrected chi connectivity index (χ0v) is 11.7. The molecule has 1 heterocycles. The Morgan fingerprint density at radius 3 is 2.76 bits per heavy atom. The molecule has 0 fully saturated rings. The van der Waals surface area contributed by atoms with Gasteiger partial charge in [-0.05, 0) is 25.1 Å². The van der Waals surface area contributed by atoms with Crippen molar-refractivity contribution in [3.63, 3.8) is 0 Å². The molecule has 0 aliphatic carbocycles. The molecule has 1 amide bonds. The number of para-hydroxylation sites is 1. The number of anilines is 1. The average Bonchev–Trinajstić information content (AvgIpc) is 2.45. The van der Waals surface area contributed by atoms with Gasteiger partial charge >= 0.3 is 6.18 Å². The van der Waals surface area contributed by atoms with E-state index in [-0.39, 0.29) is 12.6 Å². The largest absolute Gasteiger partial charge is 0.405 e.